The average molecular weight is 360 g/mol. The Labute approximate surface area is 148 Å². The number of aliphatic carboxylic acids is 1. The number of hydrogen-bond acceptors (Lipinski definition) is 5. The van der Waals surface area contributed by atoms with Gasteiger partial charge in [0.2, 0.25) is 5.88 Å². The summed E-state index contributed by atoms with van der Waals surface area (Å²) in [6.07, 6.45) is 3.52. The standard InChI is InChI=1S/C17H16N2O3S2/c1-9(2)14(16(21)22)19-15(20)13(24-17(19)23)7-10-8-18-12-6-4-3-5-11(10)12/h3-9,14,20H,1-2H3,(H,21,22)/b10-7+/t14-/m1/s1. The summed E-state index contributed by atoms with van der Waals surface area (Å²) in [5.74, 6) is -1.33. The van der Waals surface area contributed by atoms with Crippen molar-refractivity contribution in [2.24, 2.45) is 10.9 Å². The van der Waals surface area contributed by atoms with Gasteiger partial charge in [0.15, 0.2) is 3.95 Å². The number of nitrogens with zero attached hydrogens (tertiary/aromatic N) is 2. The van der Waals surface area contributed by atoms with E-state index in [1.165, 1.54) is 15.9 Å². The van der Waals surface area contributed by atoms with Crippen LogP contribution < -0.4 is 0 Å². The van der Waals surface area contributed by atoms with Gasteiger partial charge in [-0.15, -0.1) is 11.3 Å². The summed E-state index contributed by atoms with van der Waals surface area (Å²) in [4.78, 5) is 16.4. The zero-order valence-corrected chi connectivity index (χ0v) is 14.8. The Balaban J connectivity index is 2.08. The molecule has 2 heterocycles. The van der Waals surface area contributed by atoms with Crippen LogP contribution in [0.2, 0.25) is 0 Å². The van der Waals surface area contributed by atoms with E-state index < -0.39 is 12.0 Å². The highest BCUT2D eigenvalue weighted by molar-refractivity contribution is 7.73. The third kappa shape index (κ3) is 2.81. The van der Waals surface area contributed by atoms with Crippen LogP contribution in [0.1, 0.15) is 30.3 Å². The van der Waals surface area contributed by atoms with Crippen LogP contribution in [0.15, 0.2) is 29.3 Å². The lowest BCUT2D eigenvalue weighted by Crippen LogP contribution is -2.23. The van der Waals surface area contributed by atoms with E-state index in [1.54, 1.807) is 26.1 Å². The van der Waals surface area contributed by atoms with Crippen LogP contribution in [0.5, 0.6) is 5.88 Å². The van der Waals surface area contributed by atoms with Gasteiger partial charge >= 0.3 is 5.97 Å². The molecule has 0 fully saturated rings. The van der Waals surface area contributed by atoms with E-state index in [1.807, 2.05) is 24.3 Å². The van der Waals surface area contributed by atoms with E-state index in [4.69, 9.17) is 12.2 Å². The fourth-order valence-electron chi connectivity index (χ4n) is 2.72. The normalized spacial score (nSPS) is 15.9. The molecule has 1 aliphatic rings. The number of thiazole rings is 1. The van der Waals surface area contributed by atoms with Crippen molar-refractivity contribution in [1.29, 1.82) is 0 Å². The molecule has 1 aliphatic heterocycles. The number of carboxylic acid groups (broad SMARTS) is 1. The lowest BCUT2D eigenvalue weighted by molar-refractivity contribution is -0.142. The monoisotopic (exact) mass is 360 g/mol. The van der Waals surface area contributed by atoms with Crippen molar-refractivity contribution < 1.29 is 15.0 Å². The van der Waals surface area contributed by atoms with Gasteiger partial charge in [0.25, 0.3) is 0 Å². The summed E-state index contributed by atoms with van der Waals surface area (Å²) in [7, 11) is 0. The Morgan fingerprint density at radius 3 is 2.75 bits per heavy atom. The van der Waals surface area contributed by atoms with E-state index in [9.17, 15) is 15.0 Å². The summed E-state index contributed by atoms with van der Waals surface area (Å²) in [5, 5.41) is 20.0. The number of carboxylic acids is 1. The maximum atomic E-state index is 11.6. The fourth-order valence-corrected chi connectivity index (χ4v) is 4.05. The van der Waals surface area contributed by atoms with Gasteiger partial charge in [-0.1, -0.05) is 32.0 Å². The third-order valence-corrected chi connectivity index (χ3v) is 5.19. The minimum Gasteiger partial charge on any atom is -0.493 e. The number of benzene rings is 1. The van der Waals surface area contributed by atoms with Crippen LogP contribution in [-0.2, 0) is 4.79 Å². The molecular formula is C17H16N2O3S2. The number of aromatic hydroxyl groups is 1. The Kier molecular flexibility index (Phi) is 4.38. The molecule has 0 unspecified atom stereocenters. The molecule has 0 aliphatic carbocycles. The van der Waals surface area contributed by atoms with Crippen molar-refractivity contribution in [1.82, 2.24) is 4.57 Å². The first-order valence-electron chi connectivity index (χ1n) is 7.42. The number of fused-ring (bicyclic) bond motifs is 1. The summed E-state index contributed by atoms with van der Waals surface area (Å²) < 4.78 is 1.65. The van der Waals surface area contributed by atoms with Gasteiger partial charge in [-0.25, -0.2) is 4.79 Å². The Morgan fingerprint density at radius 1 is 1.38 bits per heavy atom. The minimum absolute atomic E-state index is 0.114. The molecule has 0 spiro atoms. The van der Waals surface area contributed by atoms with Crippen molar-refractivity contribution >= 4 is 53.1 Å². The maximum absolute atomic E-state index is 11.6. The number of carbonyl (C=O) groups is 1. The molecule has 124 valence electrons. The van der Waals surface area contributed by atoms with Crippen LogP contribution in [0.25, 0.3) is 11.6 Å². The molecule has 0 amide bonds. The second kappa shape index (κ2) is 6.33. The quantitative estimate of drug-likeness (QED) is 0.786. The highest BCUT2D eigenvalue weighted by atomic mass is 32.1. The summed E-state index contributed by atoms with van der Waals surface area (Å²) in [6, 6.07) is 6.81. The summed E-state index contributed by atoms with van der Waals surface area (Å²) in [5.41, 5.74) is 2.71. The molecule has 1 aromatic heterocycles. The number of hydrogen-bond donors (Lipinski definition) is 2. The summed E-state index contributed by atoms with van der Waals surface area (Å²) in [6.45, 7) is 3.57. The first kappa shape index (κ1) is 16.6. The topological polar surface area (TPSA) is 74.8 Å². The molecule has 0 saturated heterocycles. The first-order valence-corrected chi connectivity index (χ1v) is 8.65. The zero-order chi connectivity index (χ0) is 17.4. The molecular weight excluding hydrogens is 344 g/mol. The van der Waals surface area contributed by atoms with Gasteiger partial charge in [0, 0.05) is 17.4 Å². The molecule has 2 aromatic rings. The highest BCUT2D eigenvalue weighted by Gasteiger charge is 2.28. The van der Waals surface area contributed by atoms with Crippen LogP contribution in [-0.4, -0.2) is 27.0 Å². The number of aliphatic imine (C=N–C) groups is 1. The second-order valence-electron chi connectivity index (χ2n) is 5.83. The lowest BCUT2D eigenvalue weighted by Gasteiger charge is -2.18. The average Bonchev–Trinajstić information content (AvgIpc) is 3.04. The molecule has 1 atom stereocenters. The van der Waals surface area contributed by atoms with Gasteiger partial charge in [-0.3, -0.25) is 9.56 Å². The van der Waals surface area contributed by atoms with Crippen molar-refractivity contribution in [2.45, 2.75) is 19.9 Å². The molecule has 0 radical (unpaired) electrons. The van der Waals surface area contributed by atoms with E-state index in [0.29, 0.717) is 8.83 Å². The van der Waals surface area contributed by atoms with E-state index in [2.05, 4.69) is 4.99 Å². The van der Waals surface area contributed by atoms with Gasteiger partial charge in [0.05, 0.1) is 10.6 Å². The van der Waals surface area contributed by atoms with E-state index in [-0.39, 0.29) is 11.8 Å². The van der Waals surface area contributed by atoms with Gasteiger partial charge in [-0.05, 0) is 30.3 Å². The lowest BCUT2D eigenvalue weighted by atomic mass is 10.0. The molecule has 24 heavy (non-hydrogen) atoms. The molecule has 0 saturated carbocycles. The van der Waals surface area contributed by atoms with Crippen LogP contribution in [0, 0.1) is 9.87 Å². The number of aromatic nitrogens is 1. The van der Waals surface area contributed by atoms with Gasteiger partial charge in [0.1, 0.15) is 6.04 Å². The smallest absolute Gasteiger partial charge is 0.327 e. The predicted octanol–water partition coefficient (Wildman–Crippen LogP) is 4.52. The maximum Gasteiger partial charge on any atom is 0.327 e. The molecule has 0 bridgehead atoms. The third-order valence-electron chi connectivity index (χ3n) is 3.85. The van der Waals surface area contributed by atoms with E-state index >= 15 is 0 Å². The highest BCUT2D eigenvalue weighted by Crippen LogP contribution is 2.37. The van der Waals surface area contributed by atoms with Crippen LogP contribution in [0.3, 0.4) is 0 Å². The SMILES string of the molecule is CC(C)[C@H](C(=O)O)n1c(O)c(/C=C2\C=Nc3ccccc32)sc1=S. The molecule has 2 N–H and O–H groups in total. The molecule has 3 rings (SSSR count). The molecule has 1 aromatic carbocycles. The molecule has 7 heteroatoms. The van der Waals surface area contributed by atoms with Gasteiger partial charge < -0.3 is 10.2 Å². The Hall–Kier alpha value is -2.25. The zero-order valence-electron chi connectivity index (χ0n) is 13.1. The summed E-state index contributed by atoms with van der Waals surface area (Å²) >= 11 is 6.48. The predicted molar refractivity (Wildman–Crippen MR) is 98.8 cm³/mol. The first-order chi connectivity index (χ1) is 11.4. The van der Waals surface area contributed by atoms with Gasteiger partial charge in [-0.2, -0.15) is 0 Å². The molecule has 5 nitrogen and oxygen atoms in total. The largest absolute Gasteiger partial charge is 0.493 e. The van der Waals surface area contributed by atoms with Crippen LogP contribution in [0.4, 0.5) is 5.69 Å². The van der Waals surface area contributed by atoms with E-state index in [0.717, 1.165) is 16.8 Å². The van der Waals surface area contributed by atoms with Crippen molar-refractivity contribution in [3.8, 4) is 5.88 Å². The second-order valence-corrected chi connectivity index (χ2v) is 7.50. The number of allylic oxidation sites excluding steroid dienone is 1. The Bertz CT molecular complexity index is 922. The fraction of sp³-hybridized carbons (Fsp3) is 0.235. The van der Waals surface area contributed by atoms with Crippen LogP contribution >= 0.6 is 23.6 Å². The number of rotatable bonds is 4. The Morgan fingerprint density at radius 2 is 2.08 bits per heavy atom. The van der Waals surface area contributed by atoms with Crippen molar-refractivity contribution in [3.05, 3.63) is 38.7 Å². The van der Waals surface area contributed by atoms with Crippen molar-refractivity contribution in [3.63, 3.8) is 0 Å². The van der Waals surface area contributed by atoms with Crippen molar-refractivity contribution in [2.75, 3.05) is 0 Å². The minimum atomic E-state index is -1.01. The number of para-hydroxylation sites is 1.